The number of halogens is 1. The van der Waals surface area contributed by atoms with Gasteiger partial charge < -0.3 is 9.84 Å². The molecule has 8 nitrogen and oxygen atoms in total. The third kappa shape index (κ3) is 5.49. The fourth-order valence-corrected chi connectivity index (χ4v) is 3.70. The number of ether oxygens (including phenoxy) is 1. The van der Waals surface area contributed by atoms with Gasteiger partial charge in [-0.1, -0.05) is 19.9 Å². The molecule has 2 atom stereocenters. The van der Waals surface area contributed by atoms with Gasteiger partial charge in [0.2, 0.25) is 16.0 Å². The van der Waals surface area contributed by atoms with Gasteiger partial charge in [0.1, 0.15) is 11.9 Å². The lowest BCUT2D eigenvalue weighted by Gasteiger charge is -2.24. The van der Waals surface area contributed by atoms with E-state index >= 15 is 0 Å². The number of aromatic nitrogens is 2. The molecule has 3 rings (SSSR count). The van der Waals surface area contributed by atoms with Crippen LogP contribution in [0.1, 0.15) is 43.9 Å². The van der Waals surface area contributed by atoms with E-state index in [9.17, 15) is 22.7 Å². The zero-order valence-electron chi connectivity index (χ0n) is 18.3. The van der Waals surface area contributed by atoms with Crippen molar-refractivity contribution in [2.45, 2.75) is 44.8 Å². The zero-order valence-corrected chi connectivity index (χ0v) is 19.1. The molecule has 2 heterocycles. The van der Waals surface area contributed by atoms with E-state index < -0.39 is 34.0 Å². The normalized spacial score (nSPS) is 19.4. The van der Waals surface area contributed by atoms with Crippen LogP contribution in [-0.2, 0) is 19.6 Å². The molecule has 1 saturated heterocycles. The molecule has 0 spiro atoms. The van der Waals surface area contributed by atoms with Gasteiger partial charge in [-0.25, -0.2) is 27.1 Å². The van der Waals surface area contributed by atoms with Crippen molar-refractivity contribution < 1.29 is 27.4 Å². The Morgan fingerprint density at radius 1 is 1.25 bits per heavy atom. The Hall–Kier alpha value is -2.85. The molecule has 0 aliphatic carbocycles. The summed E-state index contributed by atoms with van der Waals surface area (Å²) in [5, 5.41) is 9.86. The average Bonchev–Trinajstić information content (AvgIpc) is 2.70. The topological polar surface area (TPSA) is 110 Å². The summed E-state index contributed by atoms with van der Waals surface area (Å²) in [4.78, 5) is 20.6. The monoisotopic (exact) mass is 463 g/mol. The number of anilines is 1. The van der Waals surface area contributed by atoms with Crippen molar-refractivity contribution in [3.05, 3.63) is 47.4 Å². The number of rotatable bonds is 6. The molecule has 0 saturated carbocycles. The minimum atomic E-state index is -3.61. The van der Waals surface area contributed by atoms with E-state index in [1.807, 2.05) is 13.8 Å². The third-order valence-corrected chi connectivity index (χ3v) is 6.23. The summed E-state index contributed by atoms with van der Waals surface area (Å²) in [5.41, 5.74) is 2.14. The van der Waals surface area contributed by atoms with E-state index in [-0.39, 0.29) is 24.7 Å². The van der Waals surface area contributed by atoms with Crippen LogP contribution in [-0.4, -0.2) is 55.0 Å². The zero-order chi connectivity index (χ0) is 23.6. The number of carbonyl (C=O) groups is 1. The predicted octanol–water partition coefficient (Wildman–Crippen LogP) is 2.88. The van der Waals surface area contributed by atoms with Gasteiger partial charge in [0, 0.05) is 24.6 Å². The largest absolute Gasteiger partial charge is 0.458 e. The number of hydrogen-bond donors (Lipinski definition) is 1. The first kappa shape index (κ1) is 23.8. The molecular formula is C22H26FN3O5S. The quantitative estimate of drug-likeness (QED) is 0.656. The second kappa shape index (κ2) is 9.33. The first-order chi connectivity index (χ1) is 15.0. The number of esters is 1. The summed E-state index contributed by atoms with van der Waals surface area (Å²) in [6, 6.07) is 5.68. The molecular weight excluding hydrogens is 437 g/mol. The molecule has 1 N–H and O–H groups in total. The highest BCUT2D eigenvalue weighted by atomic mass is 32.2. The molecule has 10 heteroatoms. The van der Waals surface area contributed by atoms with Crippen LogP contribution in [0.3, 0.4) is 0 Å². The fraction of sp³-hybridized carbons (Fsp3) is 0.409. The minimum absolute atomic E-state index is 0.00723. The Kier molecular flexibility index (Phi) is 6.94. The maximum atomic E-state index is 13.5. The van der Waals surface area contributed by atoms with Crippen LogP contribution < -0.4 is 4.31 Å². The van der Waals surface area contributed by atoms with Crippen LogP contribution >= 0.6 is 0 Å². The molecule has 1 aliphatic heterocycles. The first-order valence-electron chi connectivity index (χ1n) is 10.1. The van der Waals surface area contributed by atoms with Gasteiger partial charge in [0.15, 0.2) is 0 Å². The molecule has 0 amide bonds. The highest BCUT2D eigenvalue weighted by molar-refractivity contribution is 7.92. The van der Waals surface area contributed by atoms with Crippen molar-refractivity contribution in [2.24, 2.45) is 0 Å². The molecule has 1 aliphatic rings. The van der Waals surface area contributed by atoms with Crippen LogP contribution in [0, 0.1) is 5.82 Å². The van der Waals surface area contributed by atoms with Crippen molar-refractivity contribution in [1.29, 1.82) is 0 Å². The van der Waals surface area contributed by atoms with Crippen molar-refractivity contribution in [3.8, 4) is 11.3 Å². The second-order valence-electron chi connectivity index (χ2n) is 8.04. The van der Waals surface area contributed by atoms with Crippen molar-refractivity contribution >= 4 is 28.0 Å². The number of carbonyl (C=O) groups excluding carboxylic acids is 1. The van der Waals surface area contributed by atoms with E-state index in [0.29, 0.717) is 22.5 Å². The van der Waals surface area contributed by atoms with Crippen LogP contribution in [0.15, 0.2) is 30.3 Å². The molecule has 0 unspecified atom stereocenters. The summed E-state index contributed by atoms with van der Waals surface area (Å²) in [6.45, 7) is 3.81. The van der Waals surface area contributed by atoms with Crippen molar-refractivity contribution in [3.63, 3.8) is 0 Å². The molecule has 1 aromatic carbocycles. The summed E-state index contributed by atoms with van der Waals surface area (Å²) in [5.74, 6) is -1.02. The SMILES string of the molecule is CC(C)c1nc(N(C)S(C)(=O)=O)nc(-c2ccc(F)cc2)c1/C=C\[C@@H]1C[C@@H](O)CC(=O)O1. The minimum Gasteiger partial charge on any atom is -0.458 e. The van der Waals surface area contributed by atoms with E-state index in [0.717, 1.165) is 10.6 Å². The van der Waals surface area contributed by atoms with Gasteiger partial charge in [-0.2, -0.15) is 0 Å². The van der Waals surface area contributed by atoms with Crippen LogP contribution in [0.5, 0.6) is 0 Å². The third-order valence-electron chi connectivity index (χ3n) is 5.07. The lowest BCUT2D eigenvalue weighted by molar-refractivity contribution is -0.156. The number of sulfonamides is 1. The highest BCUT2D eigenvalue weighted by Gasteiger charge is 2.26. The van der Waals surface area contributed by atoms with E-state index in [2.05, 4.69) is 9.97 Å². The molecule has 1 fully saturated rings. The molecule has 0 radical (unpaired) electrons. The van der Waals surface area contributed by atoms with Crippen molar-refractivity contribution in [1.82, 2.24) is 9.97 Å². The molecule has 1 aromatic heterocycles. The average molecular weight is 464 g/mol. The summed E-state index contributed by atoms with van der Waals surface area (Å²) in [6.07, 6.45) is 3.23. The van der Waals surface area contributed by atoms with Gasteiger partial charge in [-0.05, 0) is 36.3 Å². The second-order valence-corrected chi connectivity index (χ2v) is 10.1. The first-order valence-corrected chi connectivity index (χ1v) is 12.0. The number of hydrogen-bond acceptors (Lipinski definition) is 7. The van der Waals surface area contributed by atoms with Gasteiger partial charge in [-0.3, -0.25) is 4.79 Å². The standard InChI is InChI=1S/C22H26FN3O5S/c1-13(2)20-18(10-9-17-11-16(27)12-19(28)31-17)21(14-5-7-15(23)8-6-14)25-22(24-20)26(3)32(4,29)30/h5-10,13,16-17,27H,11-12H2,1-4H3/b10-9-/t16-,17-/m1/s1. The lowest BCUT2D eigenvalue weighted by Crippen LogP contribution is -2.31. The number of aliphatic hydroxyl groups is 1. The van der Waals surface area contributed by atoms with Gasteiger partial charge in [-0.15, -0.1) is 0 Å². The number of nitrogens with zero attached hydrogens (tertiary/aromatic N) is 3. The Labute approximate surface area is 186 Å². The maximum absolute atomic E-state index is 13.5. The van der Waals surface area contributed by atoms with Crippen LogP contribution in [0.2, 0.25) is 0 Å². The summed E-state index contributed by atoms with van der Waals surface area (Å²) >= 11 is 0. The molecule has 32 heavy (non-hydrogen) atoms. The summed E-state index contributed by atoms with van der Waals surface area (Å²) in [7, 11) is -2.25. The van der Waals surface area contributed by atoms with E-state index in [1.54, 1.807) is 24.3 Å². The van der Waals surface area contributed by atoms with Crippen LogP contribution in [0.25, 0.3) is 17.3 Å². The van der Waals surface area contributed by atoms with Crippen LogP contribution in [0.4, 0.5) is 10.3 Å². The van der Waals surface area contributed by atoms with Crippen molar-refractivity contribution in [2.75, 3.05) is 17.6 Å². The Balaban J connectivity index is 2.17. The van der Waals surface area contributed by atoms with E-state index in [1.165, 1.54) is 19.2 Å². The Morgan fingerprint density at radius 2 is 1.91 bits per heavy atom. The Bertz CT molecular complexity index is 1130. The van der Waals surface area contributed by atoms with Gasteiger partial charge in [0.25, 0.3) is 0 Å². The number of benzene rings is 1. The lowest BCUT2D eigenvalue weighted by atomic mass is 9.97. The smallest absolute Gasteiger partial charge is 0.309 e. The van der Waals surface area contributed by atoms with E-state index in [4.69, 9.17) is 4.74 Å². The molecule has 172 valence electrons. The van der Waals surface area contributed by atoms with Gasteiger partial charge >= 0.3 is 5.97 Å². The van der Waals surface area contributed by atoms with Gasteiger partial charge in [0.05, 0.1) is 30.2 Å². The summed E-state index contributed by atoms with van der Waals surface area (Å²) < 4.78 is 44.0. The predicted molar refractivity (Wildman–Crippen MR) is 119 cm³/mol. The Morgan fingerprint density at radius 3 is 2.47 bits per heavy atom. The highest BCUT2D eigenvalue weighted by Crippen LogP contribution is 2.32. The maximum Gasteiger partial charge on any atom is 0.309 e. The molecule has 0 bridgehead atoms. The fourth-order valence-electron chi connectivity index (χ4n) is 3.33. The molecule has 2 aromatic rings. The number of cyclic esters (lactones) is 1. The number of aliphatic hydroxyl groups excluding tert-OH is 1.